The van der Waals surface area contributed by atoms with Crippen LogP contribution in [0.3, 0.4) is 0 Å². The number of phenolic OH excluding ortho intramolecular Hbond substituents is 1. The monoisotopic (exact) mass is 1930 g/mol. The molecule has 12 unspecified atom stereocenters. The molecule has 22 nitrogen and oxygen atoms in total. The van der Waals surface area contributed by atoms with Crippen molar-refractivity contribution in [2.45, 2.75) is 499 Å². The van der Waals surface area contributed by atoms with E-state index in [1.165, 1.54) is 107 Å². The highest BCUT2D eigenvalue weighted by atomic mass is 16.6. The quantitative estimate of drug-likeness (QED) is 0.0373. The van der Waals surface area contributed by atoms with Gasteiger partial charge in [-0.15, -0.1) is 0 Å². The highest BCUT2D eigenvalue weighted by molar-refractivity contribution is 5.91. The van der Waals surface area contributed by atoms with Gasteiger partial charge in [-0.05, 0) is 362 Å². The number of aliphatic hydroxyl groups is 1. The fourth-order valence-corrected chi connectivity index (χ4v) is 20.8. The molecule has 0 aromatic heterocycles. The first-order valence-electron chi connectivity index (χ1n) is 53.6. The van der Waals surface area contributed by atoms with Crippen molar-refractivity contribution in [3.05, 3.63) is 42.0 Å². The molecule has 786 valence electrons. The normalized spacial score (nSPS) is 26.5. The van der Waals surface area contributed by atoms with Gasteiger partial charge in [0.15, 0.2) is 0 Å². The molecule has 0 spiro atoms. The number of phenols is 1. The van der Waals surface area contributed by atoms with E-state index in [1.54, 1.807) is 33.8 Å². The summed E-state index contributed by atoms with van der Waals surface area (Å²) in [4.78, 5) is 114. The Kier molecular flexibility index (Phi) is 47.3. The van der Waals surface area contributed by atoms with E-state index in [0.29, 0.717) is 54.1 Å². The first-order chi connectivity index (χ1) is 63.4. The van der Waals surface area contributed by atoms with Crippen LogP contribution in [0.15, 0.2) is 36.4 Å². The van der Waals surface area contributed by atoms with Crippen LogP contribution >= 0.6 is 0 Å². The van der Waals surface area contributed by atoms with E-state index >= 15 is 0 Å². The van der Waals surface area contributed by atoms with Gasteiger partial charge >= 0.3 is 59.7 Å². The second-order valence-electron chi connectivity index (χ2n) is 48.1. The van der Waals surface area contributed by atoms with Gasteiger partial charge in [0.1, 0.15) is 46.5 Å². The Morgan fingerprint density at radius 1 is 0.438 bits per heavy atom. The van der Waals surface area contributed by atoms with Crippen molar-refractivity contribution in [2.24, 2.45) is 109 Å². The zero-order chi connectivity index (χ0) is 104. The zero-order valence-electron chi connectivity index (χ0n) is 91.7. The topological polar surface area (TPSA) is 336 Å². The maximum atomic E-state index is 12.6. The molecule has 13 aliphatic rings. The largest absolute Gasteiger partial charge is 0.507 e. The third-order valence-electron chi connectivity index (χ3n) is 34.0. The van der Waals surface area contributed by atoms with Crippen molar-refractivity contribution in [2.75, 3.05) is 0 Å². The van der Waals surface area contributed by atoms with Crippen LogP contribution in [-0.2, 0) is 81.1 Å². The van der Waals surface area contributed by atoms with Gasteiger partial charge in [0.25, 0.3) is 0 Å². The number of carbonyl (C=O) groups excluding carboxylic acids is 7. The molecular weight excluding hydrogens is 1730 g/mol. The summed E-state index contributed by atoms with van der Waals surface area (Å²) in [6.07, 6.45) is 36.7. The van der Waals surface area contributed by atoms with E-state index < -0.39 is 39.8 Å². The van der Waals surface area contributed by atoms with Crippen molar-refractivity contribution in [3.63, 3.8) is 0 Å². The molecule has 0 amide bonds. The molecule has 137 heavy (non-hydrogen) atoms. The summed E-state index contributed by atoms with van der Waals surface area (Å²) >= 11 is 0. The number of benzene rings is 2. The van der Waals surface area contributed by atoms with Crippen LogP contribution in [0.2, 0.25) is 0 Å². The Morgan fingerprint density at radius 2 is 0.854 bits per heavy atom. The summed E-state index contributed by atoms with van der Waals surface area (Å²) in [5.74, 6) is 3.06. The Labute approximate surface area is 828 Å². The Balaban J connectivity index is 0.000000324. The molecule has 0 radical (unpaired) electrons. The fourth-order valence-electron chi connectivity index (χ4n) is 20.8. The van der Waals surface area contributed by atoms with E-state index in [-0.39, 0.29) is 128 Å². The minimum absolute atomic E-state index is 0.00857. The van der Waals surface area contributed by atoms with Crippen LogP contribution in [0.25, 0.3) is 10.8 Å². The lowest BCUT2D eigenvalue weighted by atomic mass is 9.46. The third-order valence-corrected chi connectivity index (χ3v) is 34.0. The van der Waals surface area contributed by atoms with Crippen LogP contribution < -0.4 is 0 Å². The number of rotatable bonds is 29. The molecule has 5 N–H and O–H groups in total. The fraction of sp³-hybridized carbons (Fsp3) is 0.826. The number of hydrogen-bond donors (Lipinski definition) is 5. The molecule has 10 bridgehead atoms. The van der Waals surface area contributed by atoms with Crippen LogP contribution in [0.1, 0.15) is 458 Å². The summed E-state index contributed by atoms with van der Waals surface area (Å²) < 4.78 is 39.7. The highest BCUT2D eigenvalue weighted by Crippen LogP contribution is 2.65. The molecular formula is C115H194O22. The minimum atomic E-state index is -0.722. The summed E-state index contributed by atoms with van der Waals surface area (Å²) in [6.45, 7) is 62.8. The maximum Gasteiger partial charge on any atom is 0.312 e. The molecule has 2 aromatic rings. The Bertz CT molecular complexity index is 4070. The van der Waals surface area contributed by atoms with Gasteiger partial charge in [0.05, 0.1) is 62.3 Å². The Hall–Kier alpha value is -6.84. The standard InChI is InChI=1S/C19H32O2.C16H26O3.C14H20O4.C14H26O2.C14H16O.C12H22O2.C10H20O2.C6H12O2.2C5H10O2/c1-6-17(2,3)16(20)21-18(4,5)19-10-13-7-14(11-19)9-15(8-13)12-19;1-4-14(2,3)13(17)19-16-8-11-5-12(9-16)7-15(18,6-11)10-16;1-4-14(2,3)13(16)18-10-7-5-8-9(6-7)12(15)17-11(8)10;1-5-11(2)13(15)16-14(3,4)12-9-7-6-8-10-12;1-3-10(2)11-6-4-8-13-12(11)7-5-9-14(13)15;1-4-12(2,3)11(13)14-10-8-6-5-7-9-10;1-6-8(3)9(11)12-10(4,5)7-2;1-4-6(2,3)5(7)8;2*1-3-4(2)5(6)7/h13-15H,6-12H2,1-5H3;11-12,18H,4-10H2,1-3H3;7-11H,4-6H2,1-3H3;11-12H,5-10H2,1-4H3;4-10,15H,3H2,1-2H3;10H,4-9H2,1-3H3;8H,6-7H2,1-5H3;4H2,1-3H3,(H,7,8);2*4H,3H2,1-2H3,(H,6,7). The van der Waals surface area contributed by atoms with E-state index in [9.17, 15) is 58.2 Å². The molecule has 1 heterocycles. The molecule has 15 rings (SSSR count). The van der Waals surface area contributed by atoms with Crippen molar-refractivity contribution in [1.29, 1.82) is 0 Å². The number of carboxylic acids is 3. The summed E-state index contributed by atoms with van der Waals surface area (Å²) in [5, 5.41) is 47.3. The lowest BCUT2D eigenvalue weighted by Gasteiger charge is -2.61. The molecule has 1 saturated heterocycles. The average molecular weight is 1930 g/mol. The molecule has 13 fully saturated rings. The second-order valence-corrected chi connectivity index (χ2v) is 48.1. The van der Waals surface area contributed by atoms with E-state index in [2.05, 4.69) is 60.6 Å². The van der Waals surface area contributed by atoms with Crippen LogP contribution in [-0.4, -0.2) is 132 Å². The number of aliphatic carboxylic acids is 3. The summed E-state index contributed by atoms with van der Waals surface area (Å²) in [6, 6.07) is 11.9. The smallest absolute Gasteiger partial charge is 0.312 e. The number of carbonyl (C=O) groups is 10. The number of aromatic hydroxyl groups is 1. The van der Waals surface area contributed by atoms with Gasteiger partial charge in [-0.2, -0.15) is 0 Å². The number of fused-ring (bicyclic) bond motifs is 2. The molecule has 12 atom stereocenters. The zero-order valence-corrected chi connectivity index (χ0v) is 91.7. The van der Waals surface area contributed by atoms with Gasteiger partial charge < -0.3 is 58.7 Å². The summed E-state index contributed by atoms with van der Waals surface area (Å²) in [5.41, 5.74) is -2.31. The minimum Gasteiger partial charge on any atom is -0.507 e. The van der Waals surface area contributed by atoms with Crippen molar-refractivity contribution < 1.29 is 107 Å². The lowest BCUT2D eigenvalue weighted by molar-refractivity contribution is -0.225. The highest BCUT2D eigenvalue weighted by Gasteiger charge is 2.65. The number of esters is 7. The third kappa shape index (κ3) is 35.3. The van der Waals surface area contributed by atoms with Crippen molar-refractivity contribution in [1.82, 2.24) is 0 Å². The molecule has 12 aliphatic carbocycles. The van der Waals surface area contributed by atoms with Gasteiger partial charge in [0, 0.05) is 29.1 Å². The average Bonchev–Trinajstić information content (AvgIpc) is 1.72. The summed E-state index contributed by atoms with van der Waals surface area (Å²) in [7, 11) is 0. The molecule has 1 aliphatic heterocycles. The predicted octanol–water partition coefficient (Wildman–Crippen LogP) is 27.7. The van der Waals surface area contributed by atoms with Crippen LogP contribution in [0.4, 0.5) is 0 Å². The van der Waals surface area contributed by atoms with E-state index in [1.807, 2.05) is 164 Å². The van der Waals surface area contributed by atoms with Crippen molar-refractivity contribution >= 4 is 70.5 Å². The number of carboxylic acid groups (broad SMARTS) is 3. The van der Waals surface area contributed by atoms with E-state index in [0.717, 1.165) is 139 Å². The predicted molar refractivity (Wildman–Crippen MR) is 544 cm³/mol. The van der Waals surface area contributed by atoms with Gasteiger partial charge in [0.2, 0.25) is 0 Å². The molecule has 12 saturated carbocycles. The SMILES string of the molecule is CCC(C)(C)C(=O)O.CCC(C)(C)C(=O)OC(C)(C)C12CC3CC(CC(C3)C1)C2.CCC(C)(C)C(=O)OC12CC3CC(CC(O)(C3)C1)C2.CCC(C)(C)C(=O)OC1C2CC3C(=O)OC1C3C2.CCC(C)(C)C(=O)OC1CCCCC1.CCC(C)C(=O)O.CCC(C)C(=O)O.CCC(C)C(=O)OC(C)(C)C1CCCCC1.CCC(C)C(=O)OC(C)(C)CC.CCC(C)c1cccc2c(O)cccc12. The Morgan fingerprint density at radius 3 is 1.26 bits per heavy atom. The van der Waals surface area contributed by atoms with Crippen LogP contribution in [0, 0.1) is 109 Å². The first kappa shape index (κ1) is 122. The van der Waals surface area contributed by atoms with Crippen molar-refractivity contribution in [3.8, 4) is 5.75 Å². The maximum absolute atomic E-state index is 12.6. The van der Waals surface area contributed by atoms with Gasteiger partial charge in [-0.25, -0.2) is 0 Å². The lowest BCUT2D eigenvalue weighted by Crippen LogP contribution is -2.61. The van der Waals surface area contributed by atoms with Gasteiger partial charge in [-0.3, -0.25) is 47.9 Å². The van der Waals surface area contributed by atoms with Crippen LogP contribution in [0.5, 0.6) is 5.75 Å². The number of ether oxygens (including phenoxy) is 7. The molecule has 22 heteroatoms. The molecule has 2 aromatic carbocycles. The first-order valence-corrected chi connectivity index (χ1v) is 53.6. The van der Waals surface area contributed by atoms with Gasteiger partial charge in [-0.1, -0.05) is 167 Å². The van der Waals surface area contributed by atoms with E-state index in [4.69, 9.17) is 48.5 Å². The number of hydrogen-bond acceptors (Lipinski definition) is 19. The second kappa shape index (κ2) is 53.0.